The first kappa shape index (κ1) is 13.4. The molecule has 2 heterocycles. The van der Waals surface area contributed by atoms with Gasteiger partial charge < -0.3 is 9.88 Å². The van der Waals surface area contributed by atoms with Crippen LogP contribution < -0.4 is 5.32 Å². The van der Waals surface area contributed by atoms with Crippen LogP contribution in [0, 0.1) is 0 Å². The maximum absolute atomic E-state index is 5.97. The molecule has 0 spiro atoms. The van der Waals surface area contributed by atoms with Crippen LogP contribution >= 0.6 is 22.9 Å². The van der Waals surface area contributed by atoms with E-state index in [2.05, 4.69) is 19.9 Å². The van der Waals surface area contributed by atoms with Crippen LogP contribution in [0.3, 0.4) is 0 Å². The number of halogens is 1. The molecule has 1 N–H and O–H groups in total. The predicted molar refractivity (Wildman–Crippen MR) is 84.6 cm³/mol. The Morgan fingerprint density at radius 1 is 1.30 bits per heavy atom. The van der Waals surface area contributed by atoms with Gasteiger partial charge in [-0.05, 0) is 31.0 Å². The molecule has 0 unspecified atom stereocenters. The van der Waals surface area contributed by atoms with Gasteiger partial charge in [0, 0.05) is 30.5 Å². The minimum Gasteiger partial charge on any atom is -0.361 e. The van der Waals surface area contributed by atoms with Gasteiger partial charge in [-0.15, -0.1) is 0 Å². The predicted octanol–water partition coefficient (Wildman–Crippen LogP) is 4.04. The second-order valence-electron chi connectivity index (χ2n) is 4.57. The number of aromatic nitrogens is 3. The van der Waals surface area contributed by atoms with Crippen LogP contribution in [0.4, 0.5) is 5.13 Å². The van der Waals surface area contributed by atoms with Gasteiger partial charge in [0.05, 0.1) is 16.5 Å². The van der Waals surface area contributed by atoms with Gasteiger partial charge in [-0.3, -0.25) is 0 Å². The SMILES string of the molecule is Clc1ccc2nc(NCCCCn3ccnc3)sc2c1. The zero-order valence-electron chi connectivity index (χ0n) is 10.9. The van der Waals surface area contributed by atoms with Crippen molar-refractivity contribution in [3.8, 4) is 0 Å². The Kier molecular flexibility index (Phi) is 4.18. The molecule has 2 aromatic heterocycles. The minimum atomic E-state index is 0.757. The molecule has 0 aliphatic heterocycles. The van der Waals surface area contributed by atoms with Crippen molar-refractivity contribution in [1.29, 1.82) is 0 Å². The van der Waals surface area contributed by atoms with Crippen LogP contribution in [0.1, 0.15) is 12.8 Å². The summed E-state index contributed by atoms with van der Waals surface area (Å²) in [6, 6.07) is 5.79. The Bertz CT molecular complexity index is 678. The van der Waals surface area contributed by atoms with Crippen molar-refractivity contribution in [2.75, 3.05) is 11.9 Å². The first-order valence-electron chi connectivity index (χ1n) is 6.57. The summed E-state index contributed by atoms with van der Waals surface area (Å²) in [4.78, 5) is 8.56. The van der Waals surface area contributed by atoms with Gasteiger partial charge in [-0.1, -0.05) is 22.9 Å². The molecule has 0 atom stereocenters. The standard InChI is InChI=1S/C14H15ClN4S/c15-11-3-4-12-13(9-11)20-14(18-12)17-5-1-2-7-19-8-6-16-10-19/h3-4,6,8-10H,1-2,5,7H2,(H,17,18). The number of fused-ring (bicyclic) bond motifs is 1. The van der Waals surface area contributed by atoms with Crippen LogP contribution in [-0.4, -0.2) is 21.1 Å². The molecule has 0 saturated heterocycles. The molecule has 0 radical (unpaired) electrons. The summed E-state index contributed by atoms with van der Waals surface area (Å²) in [5.41, 5.74) is 1.00. The summed E-state index contributed by atoms with van der Waals surface area (Å²) in [6.45, 7) is 1.94. The molecule has 20 heavy (non-hydrogen) atoms. The Morgan fingerprint density at radius 2 is 2.25 bits per heavy atom. The fourth-order valence-electron chi connectivity index (χ4n) is 2.01. The highest BCUT2D eigenvalue weighted by molar-refractivity contribution is 7.22. The van der Waals surface area contributed by atoms with Crippen molar-refractivity contribution in [3.05, 3.63) is 41.9 Å². The third kappa shape index (κ3) is 3.29. The second kappa shape index (κ2) is 6.24. The Morgan fingerprint density at radius 3 is 3.10 bits per heavy atom. The Balaban J connectivity index is 1.47. The lowest BCUT2D eigenvalue weighted by atomic mass is 10.3. The number of thiazole rings is 1. The van der Waals surface area contributed by atoms with E-state index in [1.165, 1.54) is 0 Å². The fraction of sp³-hybridized carbons (Fsp3) is 0.286. The Hall–Kier alpha value is -1.59. The van der Waals surface area contributed by atoms with Crippen molar-refractivity contribution in [2.24, 2.45) is 0 Å². The molecule has 0 bridgehead atoms. The van der Waals surface area contributed by atoms with Gasteiger partial charge in [-0.25, -0.2) is 9.97 Å². The highest BCUT2D eigenvalue weighted by Gasteiger charge is 2.03. The van der Waals surface area contributed by atoms with E-state index in [1.807, 2.05) is 36.9 Å². The first-order valence-corrected chi connectivity index (χ1v) is 7.76. The smallest absolute Gasteiger partial charge is 0.183 e. The molecule has 0 amide bonds. The molecule has 3 rings (SSSR count). The molecule has 0 saturated carbocycles. The van der Waals surface area contributed by atoms with E-state index in [9.17, 15) is 0 Å². The van der Waals surface area contributed by atoms with Gasteiger partial charge in [0.15, 0.2) is 5.13 Å². The summed E-state index contributed by atoms with van der Waals surface area (Å²) in [5, 5.41) is 5.09. The van der Waals surface area contributed by atoms with Gasteiger partial charge in [0.2, 0.25) is 0 Å². The number of rotatable bonds is 6. The number of hydrogen-bond donors (Lipinski definition) is 1. The molecule has 3 aromatic rings. The number of aryl methyl sites for hydroxylation is 1. The van der Waals surface area contributed by atoms with E-state index in [0.29, 0.717) is 0 Å². The molecule has 0 aliphatic rings. The second-order valence-corrected chi connectivity index (χ2v) is 6.03. The number of hydrogen-bond acceptors (Lipinski definition) is 4. The van der Waals surface area contributed by atoms with Crippen molar-refractivity contribution < 1.29 is 0 Å². The van der Waals surface area contributed by atoms with Gasteiger partial charge in [0.25, 0.3) is 0 Å². The van der Waals surface area contributed by atoms with Crippen molar-refractivity contribution >= 4 is 38.3 Å². The third-order valence-corrected chi connectivity index (χ3v) is 4.24. The highest BCUT2D eigenvalue weighted by atomic mass is 35.5. The van der Waals surface area contributed by atoms with Crippen LogP contribution in [0.15, 0.2) is 36.9 Å². The molecular weight excluding hydrogens is 292 g/mol. The molecule has 0 aliphatic carbocycles. The lowest BCUT2D eigenvalue weighted by Crippen LogP contribution is -2.03. The lowest BCUT2D eigenvalue weighted by molar-refractivity contribution is 0.621. The van der Waals surface area contributed by atoms with E-state index in [4.69, 9.17) is 11.6 Å². The number of nitrogens with one attached hydrogen (secondary N) is 1. The maximum Gasteiger partial charge on any atom is 0.183 e. The third-order valence-electron chi connectivity index (χ3n) is 3.03. The van der Waals surface area contributed by atoms with E-state index in [1.54, 1.807) is 11.3 Å². The topological polar surface area (TPSA) is 42.7 Å². The summed E-state index contributed by atoms with van der Waals surface area (Å²) < 4.78 is 3.22. The first-order chi connectivity index (χ1) is 9.81. The van der Waals surface area contributed by atoms with E-state index in [-0.39, 0.29) is 0 Å². The summed E-state index contributed by atoms with van der Waals surface area (Å²) in [6.07, 6.45) is 7.88. The number of imidazole rings is 1. The lowest BCUT2D eigenvalue weighted by Gasteiger charge is -2.03. The molecule has 0 fully saturated rings. The average molecular weight is 307 g/mol. The van der Waals surface area contributed by atoms with Crippen molar-refractivity contribution in [3.63, 3.8) is 0 Å². The van der Waals surface area contributed by atoms with Crippen molar-refractivity contribution in [1.82, 2.24) is 14.5 Å². The van der Waals surface area contributed by atoms with Gasteiger partial charge in [-0.2, -0.15) is 0 Å². The number of nitrogens with zero attached hydrogens (tertiary/aromatic N) is 3. The number of anilines is 1. The van der Waals surface area contributed by atoms with Crippen LogP contribution in [0.5, 0.6) is 0 Å². The maximum atomic E-state index is 5.97. The number of unbranched alkanes of at least 4 members (excludes halogenated alkanes) is 1. The van der Waals surface area contributed by atoms with E-state index >= 15 is 0 Å². The zero-order valence-corrected chi connectivity index (χ0v) is 12.5. The minimum absolute atomic E-state index is 0.757. The van der Waals surface area contributed by atoms with Crippen molar-refractivity contribution in [2.45, 2.75) is 19.4 Å². The normalized spacial score (nSPS) is 11.1. The summed E-state index contributed by atoms with van der Waals surface area (Å²) in [7, 11) is 0. The molecular formula is C14H15ClN4S. The van der Waals surface area contributed by atoms with E-state index < -0.39 is 0 Å². The summed E-state index contributed by atoms with van der Waals surface area (Å²) in [5.74, 6) is 0. The highest BCUT2D eigenvalue weighted by Crippen LogP contribution is 2.28. The van der Waals surface area contributed by atoms with Crippen LogP contribution in [-0.2, 0) is 6.54 Å². The van der Waals surface area contributed by atoms with Crippen LogP contribution in [0.25, 0.3) is 10.2 Å². The monoisotopic (exact) mass is 306 g/mol. The molecule has 4 nitrogen and oxygen atoms in total. The summed E-state index contributed by atoms with van der Waals surface area (Å²) >= 11 is 7.62. The zero-order chi connectivity index (χ0) is 13.8. The van der Waals surface area contributed by atoms with Gasteiger partial charge in [0.1, 0.15) is 0 Å². The Labute approximate surface area is 126 Å². The largest absolute Gasteiger partial charge is 0.361 e. The molecule has 104 valence electrons. The molecule has 6 heteroatoms. The fourth-order valence-corrected chi connectivity index (χ4v) is 3.18. The molecule has 1 aromatic carbocycles. The quantitative estimate of drug-likeness (QED) is 0.699. The van der Waals surface area contributed by atoms with Gasteiger partial charge >= 0.3 is 0 Å². The number of benzene rings is 1. The average Bonchev–Trinajstić information content (AvgIpc) is 3.06. The van der Waals surface area contributed by atoms with E-state index in [0.717, 1.165) is 46.3 Å². The van der Waals surface area contributed by atoms with Crippen LogP contribution in [0.2, 0.25) is 5.02 Å².